The minimum Gasteiger partial charge on any atom is -0.349 e. The highest BCUT2D eigenvalue weighted by atomic mass is 31.2. The molecule has 0 radical (unpaired) electrons. The van der Waals surface area contributed by atoms with Crippen LogP contribution in [0.5, 0.6) is 0 Å². The van der Waals surface area contributed by atoms with E-state index in [0.717, 1.165) is 0 Å². The lowest BCUT2D eigenvalue weighted by molar-refractivity contribution is 0.184. The van der Waals surface area contributed by atoms with E-state index in [-0.39, 0.29) is 0 Å². The lowest BCUT2D eigenvalue weighted by Crippen LogP contribution is -2.03. The Morgan fingerprint density at radius 1 is 1.00 bits per heavy atom. The van der Waals surface area contributed by atoms with Crippen LogP contribution in [0.25, 0.3) is 0 Å². The van der Waals surface area contributed by atoms with E-state index in [0.29, 0.717) is 5.56 Å². The second kappa shape index (κ2) is 3.47. The topological polar surface area (TPSA) is 80.9 Å². The molecular formula is C7H10O4P+. The first-order chi connectivity index (χ1) is 5.52. The van der Waals surface area contributed by atoms with Gasteiger partial charge in [0.05, 0.1) is 0 Å². The first-order valence-electron chi connectivity index (χ1n) is 3.32. The van der Waals surface area contributed by atoms with Crippen molar-refractivity contribution in [2.24, 2.45) is 0 Å². The standard InChI is InChI=1S/C7H10O4P/c8-7(12(9,10)11)6-4-2-1-3-5-6/h1-5,7-11H/q+1. The molecule has 1 aromatic carbocycles. The molecule has 0 aliphatic heterocycles. The van der Waals surface area contributed by atoms with Crippen molar-refractivity contribution in [1.82, 2.24) is 0 Å². The number of hydrogen-bond acceptors (Lipinski definition) is 4. The van der Waals surface area contributed by atoms with E-state index in [2.05, 4.69) is 0 Å². The maximum Gasteiger partial charge on any atom is 0.439 e. The average molecular weight is 189 g/mol. The average Bonchev–Trinajstić information content (AvgIpc) is 2.03. The Bertz CT molecular complexity index is 243. The van der Waals surface area contributed by atoms with Gasteiger partial charge in [0.15, 0.2) is 0 Å². The summed E-state index contributed by atoms with van der Waals surface area (Å²) in [6, 6.07) is 8.00. The highest BCUT2D eigenvalue weighted by molar-refractivity contribution is 7.58. The summed E-state index contributed by atoms with van der Waals surface area (Å²) < 4.78 is 0. The normalized spacial score (nSPS) is 14.3. The molecule has 5 heteroatoms. The minimum absolute atomic E-state index is 0.290. The molecule has 1 aromatic rings. The fourth-order valence-corrected chi connectivity index (χ4v) is 1.40. The van der Waals surface area contributed by atoms with Crippen LogP contribution in [-0.2, 0) is 0 Å². The first kappa shape index (κ1) is 9.58. The predicted octanol–water partition coefficient (Wildman–Crippen LogP) is 0.417. The third-order valence-corrected chi connectivity index (χ3v) is 2.38. The van der Waals surface area contributed by atoms with E-state index in [9.17, 15) is 0 Å². The van der Waals surface area contributed by atoms with Gasteiger partial charge in [0.2, 0.25) is 0 Å². The van der Waals surface area contributed by atoms with E-state index in [1.165, 1.54) is 12.1 Å². The van der Waals surface area contributed by atoms with Crippen molar-refractivity contribution < 1.29 is 19.8 Å². The van der Waals surface area contributed by atoms with Crippen molar-refractivity contribution in [3.63, 3.8) is 0 Å². The molecule has 0 heterocycles. The molecule has 0 fully saturated rings. The Morgan fingerprint density at radius 3 is 1.92 bits per heavy atom. The number of aliphatic hydroxyl groups is 1. The Kier molecular flexibility index (Phi) is 2.77. The monoisotopic (exact) mass is 189 g/mol. The largest absolute Gasteiger partial charge is 0.439 e. The second-order valence-electron chi connectivity index (χ2n) is 2.40. The summed E-state index contributed by atoms with van der Waals surface area (Å²) in [5.74, 6) is -1.60. The van der Waals surface area contributed by atoms with Crippen molar-refractivity contribution in [3.05, 3.63) is 35.9 Å². The molecule has 4 nitrogen and oxygen atoms in total. The molecule has 0 amide bonds. The quantitative estimate of drug-likeness (QED) is 0.508. The zero-order valence-electron chi connectivity index (χ0n) is 6.20. The SMILES string of the molecule is OC(c1ccccc1)[P+](O)(O)O. The lowest BCUT2D eigenvalue weighted by Gasteiger charge is -2.10. The molecule has 1 rings (SSSR count). The maximum atomic E-state index is 9.16. The lowest BCUT2D eigenvalue weighted by atomic mass is 10.2. The van der Waals surface area contributed by atoms with Crippen LogP contribution in [0.4, 0.5) is 0 Å². The second-order valence-corrected chi connectivity index (χ2v) is 4.12. The van der Waals surface area contributed by atoms with Crippen LogP contribution in [-0.4, -0.2) is 19.8 Å². The van der Waals surface area contributed by atoms with Crippen molar-refractivity contribution in [3.8, 4) is 0 Å². The molecule has 0 aliphatic rings. The van der Waals surface area contributed by atoms with Crippen LogP contribution < -0.4 is 0 Å². The van der Waals surface area contributed by atoms with Gasteiger partial charge in [-0.2, -0.15) is 14.7 Å². The van der Waals surface area contributed by atoms with Crippen molar-refractivity contribution in [2.45, 2.75) is 5.85 Å². The molecule has 66 valence electrons. The Hall–Kier alpha value is -0.510. The van der Waals surface area contributed by atoms with Crippen LogP contribution in [0, 0.1) is 0 Å². The fraction of sp³-hybridized carbons (Fsp3) is 0.143. The maximum absolute atomic E-state index is 9.16. The molecule has 0 saturated carbocycles. The summed E-state index contributed by atoms with van der Waals surface area (Å²) in [6.45, 7) is 0. The smallest absolute Gasteiger partial charge is 0.349 e. The summed E-state index contributed by atoms with van der Waals surface area (Å²) in [5, 5.41) is 9.16. The zero-order chi connectivity index (χ0) is 9.19. The Morgan fingerprint density at radius 2 is 1.50 bits per heavy atom. The highest BCUT2D eigenvalue weighted by Gasteiger charge is 2.42. The summed E-state index contributed by atoms with van der Waals surface area (Å²) in [4.78, 5) is 26.1. The highest BCUT2D eigenvalue weighted by Crippen LogP contribution is 2.57. The van der Waals surface area contributed by atoms with Gasteiger partial charge >= 0.3 is 7.94 Å². The summed E-state index contributed by atoms with van der Waals surface area (Å²) in [6.07, 6.45) is 0. The third kappa shape index (κ3) is 2.24. The number of aliphatic hydroxyl groups excluding tert-OH is 1. The number of rotatable bonds is 2. The van der Waals surface area contributed by atoms with Crippen LogP contribution in [0.2, 0.25) is 0 Å². The van der Waals surface area contributed by atoms with Gasteiger partial charge in [-0.25, -0.2) is 0 Å². The van der Waals surface area contributed by atoms with Crippen LogP contribution >= 0.6 is 7.94 Å². The minimum atomic E-state index is -4.17. The predicted molar refractivity (Wildman–Crippen MR) is 45.0 cm³/mol. The van der Waals surface area contributed by atoms with E-state index in [1.807, 2.05) is 0 Å². The summed E-state index contributed by atoms with van der Waals surface area (Å²) >= 11 is 0. The third-order valence-electron chi connectivity index (χ3n) is 1.43. The van der Waals surface area contributed by atoms with E-state index < -0.39 is 13.8 Å². The van der Waals surface area contributed by atoms with Crippen LogP contribution in [0.15, 0.2) is 30.3 Å². The van der Waals surface area contributed by atoms with Gasteiger partial charge in [0.25, 0.3) is 5.85 Å². The molecule has 0 aromatic heterocycles. The van der Waals surface area contributed by atoms with Crippen LogP contribution in [0.3, 0.4) is 0 Å². The molecule has 0 spiro atoms. The van der Waals surface area contributed by atoms with Crippen molar-refractivity contribution in [1.29, 1.82) is 0 Å². The Labute approximate surface area is 70.3 Å². The van der Waals surface area contributed by atoms with E-state index in [1.54, 1.807) is 18.2 Å². The molecule has 0 bridgehead atoms. The van der Waals surface area contributed by atoms with Crippen molar-refractivity contribution in [2.75, 3.05) is 0 Å². The van der Waals surface area contributed by atoms with Gasteiger partial charge in [-0.1, -0.05) is 30.3 Å². The molecule has 1 atom stereocenters. The summed E-state index contributed by atoms with van der Waals surface area (Å²) in [7, 11) is -4.17. The van der Waals surface area contributed by atoms with E-state index in [4.69, 9.17) is 19.8 Å². The van der Waals surface area contributed by atoms with Gasteiger partial charge in [0.1, 0.15) is 0 Å². The van der Waals surface area contributed by atoms with Gasteiger partial charge < -0.3 is 5.11 Å². The van der Waals surface area contributed by atoms with Gasteiger partial charge in [-0.05, 0) is 0 Å². The van der Waals surface area contributed by atoms with Crippen molar-refractivity contribution >= 4 is 7.94 Å². The molecule has 0 saturated heterocycles. The molecular weight excluding hydrogens is 179 g/mol. The number of benzene rings is 1. The molecule has 0 aliphatic carbocycles. The van der Waals surface area contributed by atoms with Gasteiger partial charge in [-0.3, -0.25) is 0 Å². The van der Waals surface area contributed by atoms with Gasteiger partial charge in [0, 0.05) is 5.56 Å². The first-order valence-corrected chi connectivity index (χ1v) is 5.03. The fourth-order valence-electron chi connectivity index (χ4n) is 0.825. The number of hydrogen-bond donors (Lipinski definition) is 4. The molecule has 12 heavy (non-hydrogen) atoms. The molecule has 4 N–H and O–H groups in total. The summed E-state index contributed by atoms with van der Waals surface area (Å²) in [5.41, 5.74) is 0.290. The van der Waals surface area contributed by atoms with E-state index >= 15 is 0 Å². The van der Waals surface area contributed by atoms with Crippen LogP contribution in [0.1, 0.15) is 11.4 Å². The molecule has 1 unspecified atom stereocenters. The Balaban J connectivity index is 2.86. The van der Waals surface area contributed by atoms with Gasteiger partial charge in [-0.15, -0.1) is 0 Å². The zero-order valence-corrected chi connectivity index (χ0v) is 7.09.